The van der Waals surface area contributed by atoms with Crippen molar-refractivity contribution in [3.05, 3.63) is 78.1 Å². The predicted octanol–water partition coefficient (Wildman–Crippen LogP) is 3.90. The van der Waals surface area contributed by atoms with Gasteiger partial charge in [-0.15, -0.1) is 0 Å². The molecule has 2 heteroatoms. The number of nitrogens with zero attached hydrogens (tertiary/aromatic N) is 1. The molecule has 1 atom stereocenters. The summed E-state index contributed by atoms with van der Waals surface area (Å²) in [5.74, 6) is 0. The van der Waals surface area contributed by atoms with Crippen LogP contribution < -0.4 is 0 Å². The maximum Gasteiger partial charge on any atom is 0.0814 e. The van der Waals surface area contributed by atoms with Crippen molar-refractivity contribution >= 4 is 10.8 Å². The summed E-state index contributed by atoms with van der Waals surface area (Å²) in [5, 5.41) is 12.6. The van der Waals surface area contributed by atoms with E-state index in [1.165, 1.54) is 5.56 Å². The third-order valence-corrected chi connectivity index (χ3v) is 3.61. The zero-order valence-electron chi connectivity index (χ0n) is 11.2. The summed E-state index contributed by atoms with van der Waals surface area (Å²) in [6.45, 7) is 0. The first-order valence-electron chi connectivity index (χ1n) is 6.89. The number of hydrogen-bond donors (Lipinski definition) is 1. The summed E-state index contributed by atoms with van der Waals surface area (Å²) in [5.41, 5.74) is 2.17. The first-order valence-corrected chi connectivity index (χ1v) is 6.89. The van der Waals surface area contributed by atoms with Crippen LogP contribution in [0.3, 0.4) is 0 Å². The molecule has 100 valence electrons. The molecule has 1 unspecified atom stereocenters. The Morgan fingerprint density at radius 2 is 1.65 bits per heavy atom. The quantitative estimate of drug-likeness (QED) is 0.774. The van der Waals surface area contributed by atoms with Gasteiger partial charge in [-0.05, 0) is 23.8 Å². The smallest absolute Gasteiger partial charge is 0.0814 e. The highest BCUT2D eigenvalue weighted by molar-refractivity contribution is 5.84. The Bertz CT molecular complexity index is 689. The van der Waals surface area contributed by atoms with Crippen molar-refractivity contribution in [1.82, 2.24) is 4.98 Å². The van der Waals surface area contributed by atoms with Crippen LogP contribution in [0.4, 0.5) is 0 Å². The number of aliphatic hydroxyl groups excluding tert-OH is 1. The number of fused-ring (bicyclic) bond motifs is 1. The zero-order valence-corrected chi connectivity index (χ0v) is 11.2. The van der Waals surface area contributed by atoms with Crippen LogP contribution in [0.2, 0.25) is 0 Å². The summed E-state index contributed by atoms with van der Waals surface area (Å²) in [6.07, 6.45) is 4.71. The minimum absolute atomic E-state index is 0.478. The van der Waals surface area contributed by atoms with Crippen LogP contribution in [0.1, 0.15) is 23.7 Å². The lowest BCUT2D eigenvalue weighted by atomic mass is 9.98. The molecule has 0 saturated carbocycles. The first-order chi connectivity index (χ1) is 9.84. The van der Waals surface area contributed by atoms with Crippen molar-refractivity contribution < 1.29 is 5.11 Å². The van der Waals surface area contributed by atoms with Crippen LogP contribution in [-0.4, -0.2) is 10.1 Å². The largest absolute Gasteiger partial charge is 0.388 e. The molecule has 1 aromatic heterocycles. The van der Waals surface area contributed by atoms with Gasteiger partial charge in [0.05, 0.1) is 6.10 Å². The topological polar surface area (TPSA) is 33.1 Å². The van der Waals surface area contributed by atoms with Crippen molar-refractivity contribution in [3.8, 4) is 0 Å². The molecule has 0 spiro atoms. The lowest BCUT2D eigenvalue weighted by Crippen LogP contribution is -2.01. The van der Waals surface area contributed by atoms with Crippen molar-refractivity contribution in [2.75, 3.05) is 0 Å². The molecule has 3 aromatic rings. The van der Waals surface area contributed by atoms with E-state index in [1.807, 2.05) is 48.7 Å². The van der Waals surface area contributed by atoms with Gasteiger partial charge in [0, 0.05) is 23.3 Å². The molecular formula is C18H17NO. The molecule has 1 N–H and O–H groups in total. The third kappa shape index (κ3) is 2.70. The van der Waals surface area contributed by atoms with Gasteiger partial charge in [0.15, 0.2) is 0 Å². The third-order valence-electron chi connectivity index (χ3n) is 3.61. The molecule has 2 nitrogen and oxygen atoms in total. The summed E-state index contributed by atoms with van der Waals surface area (Å²) in [7, 11) is 0. The molecule has 0 aliphatic heterocycles. The van der Waals surface area contributed by atoms with Crippen LogP contribution in [-0.2, 0) is 6.42 Å². The fraction of sp³-hybridized carbons (Fsp3) is 0.167. The van der Waals surface area contributed by atoms with Crippen molar-refractivity contribution in [1.29, 1.82) is 0 Å². The Morgan fingerprint density at radius 1 is 0.900 bits per heavy atom. The summed E-state index contributed by atoms with van der Waals surface area (Å²) >= 11 is 0. The minimum atomic E-state index is -0.478. The molecule has 0 bridgehead atoms. The number of hydrogen-bond acceptors (Lipinski definition) is 2. The van der Waals surface area contributed by atoms with E-state index in [2.05, 4.69) is 17.1 Å². The summed E-state index contributed by atoms with van der Waals surface area (Å²) in [6, 6.07) is 18.3. The number of aromatic nitrogens is 1. The van der Waals surface area contributed by atoms with Gasteiger partial charge >= 0.3 is 0 Å². The van der Waals surface area contributed by atoms with E-state index in [9.17, 15) is 5.11 Å². The Labute approximate surface area is 118 Å². The molecular weight excluding hydrogens is 246 g/mol. The van der Waals surface area contributed by atoms with Crippen LogP contribution in [0, 0.1) is 0 Å². The van der Waals surface area contributed by atoms with Gasteiger partial charge in [-0.25, -0.2) is 0 Å². The predicted molar refractivity (Wildman–Crippen MR) is 81.5 cm³/mol. The zero-order chi connectivity index (χ0) is 13.8. The highest BCUT2D eigenvalue weighted by atomic mass is 16.3. The maximum absolute atomic E-state index is 10.4. The second-order valence-corrected chi connectivity index (χ2v) is 4.99. The van der Waals surface area contributed by atoms with E-state index in [0.29, 0.717) is 6.42 Å². The molecule has 0 saturated heterocycles. The van der Waals surface area contributed by atoms with E-state index >= 15 is 0 Å². The van der Waals surface area contributed by atoms with Gasteiger partial charge in [-0.1, -0.05) is 54.6 Å². The van der Waals surface area contributed by atoms with E-state index in [0.717, 1.165) is 22.8 Å². The molecule has 0 radical (unpaired) electrons. The van der Waals surface area contributed by atoms with Crippen LogP contribution >= 0.6 is 0 Å². The number of pyridine rings is 1. The van der Waals surface area contributed by atoms with Gasteiger partial charge in [-0.3, -0.25) is 4.98 Å². The fourth-order valence-electron chi connectivity index (χ4n) is 2.51. The fourth-order valence-corrected chi connectivity index (χ4v) is 2.51. The van der Waals surface area contributed by atoms with E-state index in [1.54, 1.807) is 6.20 Å². The van der Waals surface area contributed by atoms with Crippen molar-refractivity contribution in [2.45, 2.75) is 18.9 Å². The second-order valence-electron chi connectivity index (χ2n) is 4.99. The molecule has 0 aliphatic carbocycles. The monoisotopic (exact) mass is 263 g/mol. The van der Waals surface area contributed by atoms with Gasteiger partial charge in [-0.2, -0.15) is 0 Å². The summed E-state index contributed by atoms with van der Waals surface area (Å²) in [4.78, 5) is 4.23. The number of aryl methyl sites for hydroxylation is 1. The number of aliphatic hydroxyl groups is 1. The summed E-state index contributed by atoms with van der Waals surface area (Å²) < 4.78 is 0. The van der Waals surface area contributed by atoms with E-state index in [-0.39, 0.29) is 0 Å². The normalized spacial score (nSPS) is 12.4. The molecule has 0 fully saturated rings. The van der Waals surface area contributed by atoms with Gasteiger partial charge < -0.3 is 5.11 Å². The van der Waals surface area contributed by atoms with E-state index in [4.69, 9.17) is 0 Å². The van der Waals surface area contributed by atoms with Gasteiger partial charge in [0.1, 0.15) is 0 Å². The van der Waals surface area contributed by atoms with Crippen LogP contribution in [0.15, 0.2) is 67.0 Å². The van der Waals surface area contributed by atoms with Crippen molar-refractivity contribution in [2.24, 2.45) is 0 Å². The number of benzene rings is 2. The van der Waals surface area contributed by atoms with E-state index < -0.39 is 6.10 Å². The lowest BCUT2D eigenvalue weighted by Gasteiger charge is -2.13. The average Bonchev–Trinajstić information content (AvgIpc) is 2.53. The highest BCUT2D eigenvalue weighted by Gasteiger charge is 2.11. The SMILES string of the molecule is OC(CCc1ccccc1)c1cncc2ccccc12. The Kier molecular flexibility index (Phi) is 3.75. The molecule has 3 rings (SSSR count). The minimum Gasteiger partial charge on any atom is -0.388 e. The maximum atomic E-state index is 10.4. The number of rotatable bonds is 4. The lowest BCUT2D eigenvalue weighted by molar-refractivity contribution is 0.169. The molecule has 0 aliphatic rings. The first kappa shape index (κ1) is 12.8. The van der Waals surface area contributed by atoms with Crippen LogP contribution in [0.5, 0.6) is 0 Å². The second kappa shape index (κ2) is 5.85. The molecule has 1 heterocycles. The molecule has 20 heavy (non-hydrogen) atoms. The molecule has 2 aromatic carbocycles. The average molecular weight is 263 g/mol. The van der Waals surface area contributed by atoms with Crippen molar-refractivity contribution in [3.63, 3.8) is 0 Å². The molecule has 0 amide bonds. The highest BCUT2D eigenvalue weighted by Crippen LogP contribution is 2.26. The Balaban J connectivity index is 1.80. The van der Waals surface area contributed by atoms with Gasteiger partial charge in [0.2, 0.25) is 0 Å². The van der Waals surface area contributed by atoms with Crippen LogP contribution in [0.25, 0.3) is 10.8 Å². The van der Waals surface area contributed by atoms with Gasteiger partial charge in [0.25, 0.3) is 0 Å². The standard InChI is InChI=1S/C18H17NO/c20-18(11-10-14-6-2-1-3-7-14)17-13-19-12-15-8-4-5-9-16(15)17/h1-9,12-13,18,20H,10-11H2. The Hall–Kier alpha value is -2.19. The Morgan fingerprint density at radius 3 is 2.50 bits per heavy atom.